The summed E-state index contributed by atoms with van der Waals surface area (Å²) in [6.07, 6.45) is 4.58. The Morgan fingerprint density at radius 3 is 2.45 bits per heavy atom. The van der Waals surface area contributed by atoms with E-state index in [0.717, 1.165) is 59.9 Å². The van der Waals surface area contributed by atoms with Crippen molar-refractivity contribution in [3.8, 4) is 5.75 Å². The number of hydrogen-bond acceptors (Lipinski definition) is 2. The molecule has 1 atom stereocenters. The van der Waals surface area contributed by atoms with E-state index >= 15 is 0 Å². The van der Waals surface area contributed by atoms with E-state index in [4.69, 9.17) is 27.9 Å². The van der Waals surface area contributed by atoms with Crippen LogP contribution in [0.3, 0.4) is 0 Å². The molecule has 162 valence electrons. The number of amides is 1. The van der Waals surface area contributed by atoms with Crippen LogP contribution < -0.4 is 10.1 Å². The molecule has 3 nitrogen and oxygen atoms in total. The Balaban J connectivity index is 1.71. The SMILES string of the molecule is CCC(C)Oc1ccc(NC(=O)C2(c3ccc(Cl)cc3Cl)CCCC2)c2ccccc12. The number of rotatable bonds is 6. The molecule has 1 aliphatic carbocycles. The fraction of sp³-hybridized carbons (Fsp3) is 0.346. The lowest BCUT2D eigenvalue weighted by atomic mass is 9.77. The van der Waals surface area contributed by atoms with Crippen molar-refractivity contribution in [3.05, 3.63) is 70.2 Å². The van der Waals surface area contributed by atoms with Crippen LogP contribution >= 0.6 is 23.2 Å². The Bertz CT molecular complexity index is 1110. The van der Waals surface area contributed by atoms with Crippen molar-refractivity contribution >= 4 is 45.6 Å². The Morgan fingerprint density at radius 2 is 1.77 bits per heavy atom. The second kappa shape index (κ2) is 9.10. The highest BCUT2D eigenvalue weighted by atomic mass is 35.5. The van der Waals surface area contributed by atoms with Gasteiger partial charge in [-0.3, -0.25) is 4.79 Å². The number of hydrogen-bond donors (Lipinski definition) is 1. The lowest BCUT2D eigenvalue weighted by molar-refractivity contribution is -0.121. The maximum absolute atomic E-state index is 13.7. The molecule has 1 fully saturated rings. The molecular formula is C26H27Cl2NO2. The van der Waals surface area contributed by atoms with Crippen molar-refractivity contribution in [1.82, 2.24) is 0 Å². The summed E-state index contributed by atoms with van der Waals surface area (Å²) < 4.78 is 6.11. The summed E-state index contributed by atoms with van der Waals surface area (Å²) in [6.45, 7) is 4.16. The minimum atomic E-state index is -0.644. The topological polar surface area (TPSA) is 38.3 Å². The molecular weight excluding hydrogens is 429 g/mol. The van der Waals surface area contributed by atoms with Crippen LogP contribution in [0.15, 0.2) is 54.6 Å². The third-order valence-electron chi connectivity index (χ3n) is 6.37. The summed E-state index contributed by atoms with van der Waals surface area (Å²) in [4.78, 5) is 13.7. The van der Waals surface area contributed by atoms with Crippen LogP contribution in [-0.4, -0.2) is 12.0 Å². The largest absolute Gasteiger partial charge is 0.490 e. The number of halogens is 2. The Morgan fingerprint density at radius 1 is 1.06 bits per heavy atom. The van der Waals surface area contributed by atoms with Crippen molar-refractivity contribution in [3.63, 3.8) is 0 Å². The zero-order valence-corrected chi connectivity index (χ0v) is 19.4. The summed E-state index contributed by atoms with van der Waals surface area (Å²) >= 11 is 12.7. The highest BCUT2D eigenvalue weighted by Gasteiger charge is 2.44. The summed E-state index contributed by atoms with van der Waals surface area (Å²) in [7, 11) is 0. The molecule has 0 aliphatic heterocycles. The minimum Gasteiger partial charge on any atom is -0.490 e. The van der Waals surface area contributed by atoms with Gasteiger partial charge >= 0.3 is 0 Å². The second-order valence-corrected chi connectivity index (χ2v) is 9.20. The van der Waals surface area contributed by atoms with E-state index in [-0.39, 0.29) is 12.0 Å². The highest BCUT2D eigenvalue weighted by molar-refractivity contribution is 6.35. The first-order chi connectivity index (χ1) is 14.9. The van der Waals surface area contributed by atoms with Gasteiger partial charge in [-0.1, -0.05) is 73.3 Å². The number of ether oxygens (including phenoxy) is 1. The zero-order valence-electron chi connectivity index (χ0n) is 17.9. The number of nitrogens with one attached hydrogen (secondary N) is 1. The van der Waals surface area contributed by atoms with Gasteiger partial charge in [-0.15, -0.1) is 0 Å². The predicted molar refractivity (Wildman–Crippen MR) is 130 cm³/mol. The maximum atomic E-state index is 13.7. The van der Waals surface area contributed by atoms with Gasteiger partial charge < -0.3 is 10.1 Å². The summed E-state index contributed by atoms with van der Waals surface area (Å²) in [5, 5.41) is 6.29. The Hall–Kier alpha value is -2.23. The molecule has 0 radical (unpaired) electrons. The van der Waals surface area contributed by atoms with Crippen LogP contribution in [0, 0.1) is 0 Å². The van der Waals surface area contributed by atoms with Crippen LogP contribution in [0.25, 0.3) is 10.8 Å². The molecule has 0 heterocycles. The maximum Gasteiger partial charge on any atom is 0.235 e. The van der Waals surface area contributed by atoms with Crippen LogP contribution in [0.4, 0.5) is 5.69 Å². The molecule has 1 unspecified atom stereocenters. The van der Waals surface area contributed by atoms with Crippen molar-refractivity contribution in [2.45, 2.75) is 57.5 Å². The van der Waals surface area contributed by atoms with Crippen LogP contribution in [-0.2, 0) is 10.2 Å². The van der Waals surface area contributed by atoms with E-state index in [1.54, 1.807) is 6.07 Å². The summed E-state index contributed by atoms with van der Waals surface area (Å²) in [5.74, 6) is 0.814. The third kappa shape index (κ3) is 4.26. The van der Waals surface area contributed by atoms with Crippen LogP contribution in [0.5, 0.6) is 5.75 Å². The second-order valence-electron chi connectivity index (χ2n) is 8.36. The van der Waals surface area contributed by atoms with Gasteiger partial charge in [-0.2, -0.15) is 0 Å². The molecule has 3 aromatic rings. The zero-order chi connectivity index (χ0) is 22.0. The molecule has 1 amide bonds. The van der Waals surface area contributed by atoms with Crippen molar-refractivity contribution in [2.24, 2.45) is 0 Å². The Labute approximate surface area is 193 Å². The number of carbonyl (C=O) groups is 1. The van der Waals surface area contributed by atoms with Gasteiger partial charge in [-0.05, 0) is 56.0 Å². The van der Waals surface area contributed by atoms with E-state index in [0.29, 0.717) is 10.0 Å². The number of carbonyl (C=O) groups excluding carboxylic acids is 1. The van der Waals surface area contributed by atoms with Crippen LogP contribution in [0.1, 0.15) is 51.5 Å². The first-order valence-electron chi connectivity index (χ1n) is 10.9. The van der Waals surface area contributed by atoms with Crippen molar-refractivity contribution in [1.29, 1.82) is 0 Å². The third-order valence-corrected chi connectivity index (χ3v) is 6.92. The van der Waals surface area contributed by atoms with E-state index in [1.807, 2.05) is 48.5 Å². The molecule has 0 bridgehead atoms. The smallest absolute Gasteiger partial charge is 0.235 e. The van der Waals surface area contributed by atoms with Gasteiger partial charge in [0.05, 0.1) is 11.5 Å². The van der Waals surface area contributed by atoms with Gasteiger partial charge in [0.2, 0.25) is 5.91 Å². The summed E-state index contributed by atoms with van der Waals surface area (Å²) in [6, 6.07) is 17.3. The predicted octanol–water partition coefficient (Wildman–Crippen LogP) is 7.77. The molecule has 1 saturated carbocycles. The molecule has 4 rings (SSSR count). The number of fused-ring (bicyclic) bond motifs is 1. The number of benzene rings is 3. The molecule has 0 saturated heterocycles. The molecule has 1 aliphatic rings. The van der Waals surface area contributed by atoms with Gasteiger partial charge in [0.15, 0.2) is 0 Å². The van der Waals surface area contributed by atoms with Gasteiger partial charge in [-0.25, -0.2) is 0 Å². The first kappa shape index (κ1) is 22.0. The average Bonchev–Trinajstić information content (AvgIpc) is 3.26. The number of anilines is 1. The highest BCUT2D eigenvalue weighted by Crippen LogP contribution is 2.45. The lowest BCUT2D eigenvalue weighted by Gasteiger charge is -2.29. The minimum absolute atomic E-state index is 0.0185. The normalized spacial score (nSPS) is 16.3. The molecule has 5 heteroatoms. The fourth-order valence-corrected chi connectivity index (χ4v) is 5.09. The van der Waals surface area contributed by atoms with Crippen molar-refractivity contribution in [2.75, 3.05) is 5.32 Å². The first-order valence-corrected chi connectivity index (χ1v) is 11.7. The molecule has 31 heavy (non-hydrogen) atoms. The molecule has 0 spiro atoms. The van der Waals surface area contributed by atoms with E-state index < -0.39 is 5.41 Å². The molecule has 0 aromatic heterocycles. The summed E-state index contributed by atoms with van der Waals surface area (Å²) in [5.41, 5.74) is 0.998. The van der Waals surface area contributed by atoms with E-state index in [1.165, 1.54) is 0 Å². The van der Waals surface area contributed by atoms with E-state index in [9.17, 15) is 4.79 Å². The monoisotopic (exact) mass is 455 g/mol. The standard InChI is InChI=1S/C26H27Cl2NO2/c1-3-17(2)31-24-13-12-23(19-8-4-5-9-20(19)24)29-25(30)26(14-6-7-15-26)21-11-10-18(27)16-22(21)28/h4-5,8-13,16-17H,3,6-7,14-15H2,1-2H3,(H,29,30). The van der Waals surface area contributed by atoms with Gasteiger partial charge in [0.25, 0.3) is 0 Å². The van der Waals surface area contributed by atoms with E-state index in [2.05, 4.69) is 19.2 Å². The van der Waals surface area contributed by atoms with Crippen molar-refractivity contribution < 1.29 is 9.53 Å². The fourth-order valence-electron chi connectivity index (χ4n) is 4.50. The average molecular weight is 456 g/mol. The quantitative estimate of drug-likeness (QED) is 0.411. The molecule has 1 N–H and O–H groups in total. The van der Waals surface area contributed by atoms with Crippen LogP contribution in [0.2, 0.25) is 10.0 Å². The van der Waals surface area contributed by atoms with Gasteiger partial charge in [0, 0.05) is 26.5 Å². The lowest BCUT2D eigenvalue weighted by Crippen LogP contribution is -2.38. The van der Waals surface area contributed by atoms with Gasteiger partial charge in [0.1, 0.15) is 5.75 Å². The molecule has 3 aromatic carbocycles. The Kier molecular flexibility index (Phi) is 6.45.